The largest absolute Gasteiger partial charge is 0.313 e. The molecule has 2 rings (SSSR count). The number of rotatable bonds is 4. The molecule has 0 bridgehead atoms. The van der Waals surface area contributed by atoms with Crippen molar-refractivity contribution in [3.05, 3.63) is 0 Å². The summed E-state index contributed by atoms with van der Waals surface area (Å²) in [5.74, 6) is 1.30. The molecule has 1 aliphatic heterocycles. The van der Waals surface area contributed by atoms with E-state index in [0.717, 1.165) is 25.8 Å². The second-order valence-corrected chi connectivity index (χ2v) is 6.11. The van der Waals surface area contributed by atoms with Crippen molar-refractivity contribution in [2.45, 2.75) is 25.3 Å². The molecule has 0 aromatic heterocycles. The minimum atomic E-state index is -2.74. The Labute approximate surface area is 73.5 Å². The van der Waals surface area contributed by atoms with Gasteiger partial charge in [0.2, 0.25) is 0 Å². The molecule has 1 heterocycles. The molecule has 1 unspecified atom stereocenters. The Hall–Kier alpha value is -0.0900. The zero-order chi connectivity index (χ0) is 8.60. The third kappa shape index (κ3) is 2.20. The van der Waals surface area contributed by atoms with Gasteiger partial charge in [0.15, 0.2) is 9.84 Å². The molecular formula is C8H15NO2S. The fourth-order valence-corrected chi connectivity index (χ4v) is 3.59. The predicted molar refractivity (Wildman–Crippen MR) is 47.8 cm³/mol. The predicted octanol–water partition coefficient (Wildman–Crippen LogP) is 0.173. The Kier molecular flexibility index (Phi) is 2.12. The molecule has 2 aliphatic rings. The summed E-state index contributed by atoms with van der Waals surface area (Å²) in [4.78, 5) is 0. The Balaban J connectivity index is 1.82. The molecule has 0 radical (unpaired) electrons. The zero-order valence-electron chi connectivity index (χ0n) is 7.12. The van der Waals surface area contributed by atoms with Gasteiger partial charge in [0.1, 0.15) is 0 Å². The van der Waals surface area contributed by atoms with Crippen LogP contribution in [0.4, 0.5) is 0 Å². The third-order valence-electron chi connectivity index (χ3n) is 2.57. The van der Waals surface area contributed by atoms with E-state index in [1.807, 2.05) is 0 Å². The summed E-state index contributed by atoms with van der Waals surface area (Å²) in [7, 11) is -2.74. The van der Waals surface area contributed by atoms with Gasteiger partial charge < -0.3 is 5.32 Å². The highest BCUT2D eigenvalue weighted by Gasteiger charge is 2.30. The molecule has 1 N–H and O–H groups in total. The molecule has 1 saturated heterocycles. The van der Waals surface area contributed by atoms with Crippen LogP contribution in [0.3, 0.4) is 0 Å². The molecule has 4 heteroatoms. The zero-order valence-corrected chi connectivity index (χ0v) is 7.94. The van der Waals surface area contributed by atoms with Gasteiger partial charge in [0.25, 0.3) is 0 Å². The normalized spacial score (nSPS) is 29.8. The smallest absolute Gasteiger partial charge is 0.152 e. The maximum Gasteiger partial charge on any atom is 0.152 e. The minimum absolute atomic E-state index is 0.258. The summed E-state index contributed by atoms with van der Waals surface area (Å²) >= 11 is 0. The lowest BCUT2D eigenvalue weighted by molar-refractivity contribution is 0.398. The monoisotopic (exact) mass is 189 g/mol. The Morgan fingerprint density at radius 1 is 1.17 bits per heavy atom. The maximum atomic E-state index is 11.4. The first-order chi connectivity index (χ1) is 5.66. The lowest BCUT2D eigenvalue weighted by atomic mass is 10.1. The van der Waals surface area contributed by atoms with E-state index in [1.165, 1.54) is 0 Å². The highest BCUT2D eigenvalue weighted by Crippen LogP contribution is 2.30. The van der Waals surface area contributed by atoms with E-state index >= 15 is 0 Å². The van der Waals surface area contributed by atoms with Crippen LogP contribution in [0.2, 0.25) is 0 Å². The van der Waals surface area contributed by atoms with E-state index in [4.69, 9.17) is 0 Å². The van der Waals surface area contributed by atoms with Crippen molar-refractivity contribution in [3.8, 4) is 0 Å². The molecule has 1 aliphatic carbocycles. The number of hydrogen-bond acceptors (Lipinski definition) is 3. The van der Waals surface area contributed by atoms with E-state index in [2.05, 4.69) is 5.32 Å². The van der Waals surface area contributed by atoms with Crippen LogP contribution < -0.4 is 5.32 Å². The van der Waals surface area contributed by atoms with Crippen LogP contribution in [0.5, 0.6) is 0 Å². The van der Waals surface area contributed by atoms with Crippen LogP contribution in [-0.2, 0) is 9.84 Å². The molecule has 1 atom stereocenters. The van der Waals surface area contributed by atoms with Crippen LogP contribution in [-0.4, -0.2) is 32.5 Å². The van der Waals surface area contributed by atoms with Crippen molar-refractivity contribution in [2.24, 2.45) is 5.92 Å². The van der Waals surface area contributed by atoms with Gasteiger partial charge in [0, 0.05) is 6.04 Å². The minimum Gasteiger partial charge on any atom is -0.313 e. The van der Waals surface area contributed by atoms with Crippen molar-refractivity contribution < 1.29 is 8.42 Å². The molecular weight excluding hydrogens is 174 g/mol. The molecule has 2 fully saturated rings. The highest BCUT2D eigenvalue weighted by atomic mass is 32.2. The quantitative estimate of drug-likeness (QED) is 0.686. The van der Waals surface area contributed by atoms with E-state index < -0.39 is 9.84 Å². The summed E-state index contributed by atoms with van der Waals surface area (Å²) in [6.45, 7) is 0.990. The first kappa shape index (κ1) is 8.51. The van der Waals surface area contributed by atoms with Gasteiger partial charge in [-0.05, 0) is 31.7 Å². The van der Waals surface area contributed by atoms with E-state index in [9.17, 15) is 8.42 Å². The third-order valence-corrected chi connectivity index (χ3v) is 4.46. The topological polar surface area (TPSA) is 46.2 Å². The highest BCUT2D eigenvalue weighted by molar-refractivity contribution is 7.91. The Bertz CT molecular complexity index is 252. The van der Waals surface area contributed by atoms with E-state index in [-0.39, 0.29) is 6.04 Å². The molecule has 0 amide bonds. The standard InChI is InChI=1S/C8H15NO2S/c10-12(11,5-7-1-2-7)6-8-3-4-9-8/h7-9H,1-6H2. The van der Waals surface area contributed by atoms with Crippen LogP contribution in [0.1, 0.15) is 19.3 Å². The fourth-order valence-electron chi connectivity index (χ4n) is 1.51. The summed E-state index contributed by atoms with van der Waals surface area (Å²) in [5.41, 5.74) is 0. The average molecular weight is 189 g/mol. The van der Waals surface area contributed by atoms with Crippen LogP contribution >= 0.6 is 0 Å². The summed E-state index contributed by atoms with van der Waals surface area (Å²) in [5, 5.41) is 3.12. The number of nitrogens with one attached hydrogen (secondary N) is 1. The van der Waals surface area contributed by atoms with Crippen LogP contribution in [0.15, 0.2) is 0 Å². The summed E-state index contributed by atoms with van der Waals surface area (Å²) < 4.78 is 22.9. The number of hydrogen-bond donors (Lipinski definition) is 1. The van der Waals surface area contributed by atoms with Crippen molar-refractivity contribution in [1.82, 2.24) is 5.32 Å². The molecule has 70 valence electrons. The van der Waals surface area contributed by atoms with E-state index in [0.29, 0.717) is 17.4 Å². The molecule has 3 nitrogen and oxygen atoms in total. The summed E-state index contributed by atoms with van der Waals surface area (Å²) in [6.07, 6.45) is 3.28. The van der Waals surface area contributed by atoms with Crippen molar-refractivity contribution in [3.63, 3.8) is 0 Å². The summed E-state index contributed by atoms with van der Waals surface area (Å²) in [6, 6.07) is 0.258. The Morgan fingerprint density at radius 2 is 1.83 bits per heavy atom. The second kappa shape index (κ2) is 3.00. The lowest BCUT2D eigenvalue weighted by Crippen LogP contribution is -2.47. The van der Waals surface area contributed by atoms with Crippen molar-refractivity contribution in [1.29, 1.82) is 0 Å². The molecule has 1 saturated carbocycles. The Morgan fingerprint density at radius 3 is 2.25 bits per heavy atom. The molecule has 0 aromatic carbocycles. The number of sulfone groups is 1. The molecule has 0 spiro atoms. The average Bonchev–Trinajstić information content (AvgIpc) is 2.62. The first-order valence-electron chi connectivity index (χ1n) is 4.59. The molecule has 12 heavy (non-hydrogen) atoms. The van der Waals surface area contributed by atoms with Crippen molar-refractivity contribution >= 4 is 9.84 Å². The molecule has 0 aromatic rings. The van der Waals surface area contributed by atoms with Crippen molar-refractivity contribution in [2.75, 3.05) is 18.1 Å². The van der Waals surface area contributed by atoms with Gasteiger partial charge in [-0.15, -0.1) is 0 Å². The first-order valence-corrected chi connectivity index (χ1v) is 6.42. The SMILES string of the molecule is O=S(=O)(CC1CC1)CC1CCN1. The van der Waals surface area contributed by atoms with Crippen LogP contribution in [0, 0.1) is 5.92 Å². The van der Waals surface area contributed by atoms with Gasteiger partial charge >= 0.3 is 0 Å². The lowest BCUT2D eigenvalue weighted by Gasteiger charge is -2.27. The maximum absolute atomic E-state index is 11.4. The van der Waals surface area contributed by atoms with Gasteiger partial charge in [-0.1, -0.05) is 0 Å². The van der Waals surface area contributed by atoms with Gasteiger partial charge in [0.05, 0.1) is 11.5 Å². The fraction of sp³-hybridized carbons (Fsp3) is 1.00. The van der Waals surface area contributed by atoms with E-state index in [1.54, 1.807) is 0 Å². The van der Waals surface area contributed by atoms with Gasteiger partial charge in [-0.2, -0.15) is 0 Å². The van der Waals surface area contributed by atoms with Gasteiger partial charge in [-0.3, -0.25) is 0 Å². The van der Waals surface area contributed by atoms with Crippen LogP contribution in [0.25, 0.3) is 0 Å². The van der Waals surface area contributed by atoms with Gasteiger partial charge in [-0.25, -0.2) is 8.42 Å². The second-order valence-electron chi connectivity index (χ2n) is 3.96.